The number of unbranched alkanes of at least 4 members (excludes halogenated alkanes) is 27. The predicted molar refractivity (Wildman–Crippen MR) is 177 cm³/mol. The molecule has 0 saturated carbocycles. The van der Waals surface area contributed by atoms with Gasteiger partial charge in [0.2, 0.25) is 0 Å². The first-order chi connectivity index (χ1) is 19.2. The third kappa shape index (κ3) is 58.1. The van der Waals surface area contributed by atoms with E-state index in [2.05, 4.69) is 20.8 Å². The number of hydrogen-bond donors (Lipinski definition) is 3. The maximum absolute atomic E-state index is 8.57. The summed E-state index contributed by atoms with van der Waals surface area (Å²) in [6.45, 7) is 7.89. The van der Waals surface area contributed by atoms with Crippen LogP contribution < -0.4 is 0 Å². The van der Waals surface area contributed by atoms with Crippen LogP contribution in [0.5, 0.6) is 0 Å². The molecule has 0 amide bonds. The topological polar surface area (TPSA) is 60.7 Å². The summed E-state index contributed by atoms with van der Waals surface area (Å²) in [5, 5.41) is 25.7. The van der Waals surface area contributed by atoms with E-state index in [0.717, 1.165) is 19.3 Å². The average Bonchev–Trinajstić information content (AvgIpc) is 2.95. The van der Waals surface area contributed by atoms with Gasteiger partial charge in [0.15, 0.2) is 0 Å². The van der Waals surface area contributed by atoms with Gasteiger partial charge in [0.1, 0.15) is 0 Å². The Bertz CT molecular complexity index is 273. The number of aliphatic hydroxyl groups is 3. The summed E-state index contributed by atoms with van der Waals surface area (Å²) >= 11 is 0. The molecule has 0 saturated heterocycles. The van der Waals surface area contributed by atoms with Crippen molar-refractivity contribution in [1.29, 1.82) is 0 Å². The minimum Gasteiger partial charge on any atom is -0.396 e. The standard InChI is InChI=1S/3C12H26O.Fe/c3*1-2-3-4-5-6-7-8-9-10-11-12-13;/h3*13H,2-12H2,1H3;. The molecule has 0 heterocycles. The first kappa shape index (κ1) is 47.3. The summed E-state index contributed by atoms with van der Waals surface area (Å²) < 4.78 is 0. The molecule has 0 aromatic heterocycles. The van der Waals surface area contributed by atoms with Gasteiger partial charge in [-0.2, -0.15) is 0 Å². The summed E-state index contributed by atoms with van der Waals surface area (Å²) in [6, 6.07) is 0. The van der Waals surface area contributed by atoms with E-state index in [0.29, 0.717) is 19.8 Å². The van der Waals surface area contributed by atoms with Gasteiger partial charge in [-0.05, 0) is 19.3 Å². The Kier molecular flexibility index (Phi) is 61.6. The monoisotopic (exact) mass is 615 g/mol. The third-order valence-electron chi connectivity index (χ3n) is 7.54. The van der Waals surface area contributed by atoms with Crippen LogP contribution >= 0.6 is 0 Å². The predicted octanol–water partition coefficient (Wildman–Crippen LogP) is 11.7. The van der Waals surface area contributed by atoms with E-state index < -0.39 is 0 Å². The van der Waals surface area contributed by atoms with Crippen LogP contribution in [-0.4, -0.2) is 35.1 Å². The molecule has 0 unspecified atom stereocenters. The van der Waals surface area contributed by atoms with Gasteiger partial charge in [0.25, 0.3) is 0 Å². The zero-order valence-corrected chi connectivity index (χ0v) is 29.1. The summed E-state index contributed by atoms with van der Waals surface area (Å²) in [5.74, 6) is 0. The van der Waals surface area contributed by atoms with E-state index in [9.17, 15) is 0 Å². The van der Waals surface area contributed by atoms with E-state index in [1.165, 1.54) is 173 Å². The first-order valence-corrected chi connectivity index (χ1v) is 18.1. The molecule has 248 valence electrons. The summed E-state index contributed by atoms with van der Waals surface area (Å²) in [7, 11) is 0. The normalized spacial score (nSPS) is 10.3. The molecule has 0 fully saturated rings. The van der Waals surface area contributed by atoms with Crippen LogP contribution in [0.3, 0.4) is 0 Å². The van der Waals surface area contributed by atoms with Gasteiger partial charge in [-0.25, -0.2) is 0 Å². The van der Waals surface area contributed by atoms with Crippen molar-refractivity contribution in [3.63, 3.8) is 0 Å². The Balaban J connectivity index is -0.000000240. The number of rotatable bonds is 30. The zero-order chi connectivity index (χ0) is 29.3. The van der Waals surface area contributed by atoms with Crippen LogP contribution in [0.1, 0.15) is 213 Å². The van der Waals surface area contributed by atoms with E-state index in [1.807, 2.05) is 0 Å². The quantitative estimate of drug-likeness (QED) is 0.0557. The second-order valence-electron chi connectivity index (χ2n) is 11.7. The van der Waals surface area contributed by atoms with Crippen molar-refractivity contribution in [2.45, 2.75) is 213 Å². The fraction of sp³-hybridized carbons (Fsp3) is 1.00. The fourth-order valence-electron chi connectivity index (χ4n) is 4.80. The van der Waals surface area contributed by atoms with Crippen LogP contribution in [0.2, 0.25) is 0 Å². The summed E-state index contributed by atoms with van der Waals surface area (Å²) in [6.07, 6.45) is 39.9. The van der Waals surface area contributed by atoms with E-state index in [1.54, 1.807) is 0 Å². The summed E-state index contributed by atoms with van der Waals surface area (Å²) in [5.41, 5.74) is 0. The maximum atomic E-state index is 8.57. The fourth-order valence-corrected chi connectivity index (χ4v) is 4.80. The van der Waals surface area contributed by atoms with Gasteiger partial charge < -0.3 is 15.3 Å². The van der Waals surface area contributed by atoms with E-state index in [-0.39, 0.29) is 17.1 Å². The minimum atomic E-state index is 0. The zero-order valence-electron chi connectivity index (χ0n) is 28.0. The molecule has 4 heteroatoms. The second-order valence-corrected chi connectivity index (χ2v) is 11.7. The first-order valence-electron chi connectivity index (χ1n) is 18.1. The van der Waals surface area contributed by atoms with Crippen LogP contribution in [0.4, 0.5) is 0 Å². The molecule has 40 heavy (non-hydrogen) atoms. The van der Waals surface area contributed by atoms with Crippen molar-refractivity contribution in [3.8, 4) is 0 Å². The molecule has 0 rings (SSSR count). The van der Waals surface area contributed by atoms with E-state index in [4.69, 9.17) is 15.3 Å². The van der Waals surface area contributed by atoms with Gasteiger partial charge in [-0.15, -0.1) is 0 Å². The molecular weight excluding hydrogens is 536 g/mol. The SMILES string of the molecule is CCCCCCCCCCCCO.CCCCCCCCCCCCO.CCCCCCCCCCCCO.[Fe]. The van der Waals surface area contributed by atoms with Gasteiger partial charge >= 0.3 is 0 Å². The Morgan fingerprint density at radius 1 is 0.225 bits per heavy atom. The molecule has 0 aromatic carbocycles. The molecule has 0 spiro atoms. The Morgan fingerprint density at radius 3 is 0.475 bits per heavy atom. The van der Waals surface area contributed by atoms with Crippen molar-refractivity contribution in [3.05, 3.63) is 0 Å². The molecular formula is C36H78FeO3. The van der Waals surface area contributed by atoms with Gasteiger partial charge in [-0.3, -0.25) is 0 Å². The van der Waals surface area contributed by atoms with Gasteiger partial charge in [0.05, 0.1) is 0 Å². The molecule has 0 aliphatic rings. The van der Waals surface area contributed by atoms with Gasteiger partial charge in [0, 0.05) is 36.9 Å². The van der Waals surface area contributed by atoms with Crippen LogP contribution in [0, 0.1) is 0 Å². The number of hydrogen-bond acceptors (Lipinski definition) is 3. The molecule has 0 bridgehead atoms. The van der Waals surface area contributed by atoms with Crippen molar-refractivity contribution < 1.29 is 32.4 Å². The van der Waals surface area contributed by atoms with E-state index >= 15 is 0 Å². The van der Waals surface area contributed by atoms with Crippen molar-refractivity contribution in [1.82, 2.24) is 0 Å². The Labute approximate surface area is 265 Å². The van der Waals surface area contributed by atoms with Crippen molar-refractivity contribution >= 4 is 0 Å². The third-order valence-corrected chi connectivity index (χ3v) is 7.54. The molecule has 3 N–H and O–H groups in total. The Morgan fingerprint density at radius 2 is 0.350 bits per heavy atom. The van der Waals surface area contributed by atoms with Crippen LogP contribution in [0.15, 0.2) is 0 Å². The summed E-state index contributed by atoms with van der Waals surface area (Å²) in [4.78, 5) is 0. The average molecular weight is 615 g/mol. The smallest absolute Gasteiger partial charge is 0.0431 e. The number of aliphatic hydroxyl groups excluding tert-OH is 3. The molecule has 0 atom stereocenters. The van der Waals surface area contributed by atoms with Crippen LogP contribution in [-0.2, 0) is 17.1 Å². The van der Waals surface area contributed by atoms with Gasteiger partial charge in [-0.1, -0.05) is 194 Å². The Hall–Kier alpha value is 0.399. The molecule has 0 aliphatic carbocycles. The molecule has 3 nitrogen and oxygen atoms in total. The molecule has 0 aliphatic heterocycles. The second kappa shape index (κ2) is 52.1. The maximum Gasteiger partial charge on any atom is 0.0431 e. The largest absolute Gasteiger partial charge is 0.396 e. The molecule has 0 radical (unpaired) electrons. The van der Waals surface area contributed by atoms with Crippen molar-refractivity contribution in [2.24, 2.45) is 0 Å². The minimum absolute atomic E-state index is 0. The van der Waals surface area contributed by atoms with Crippen LogP contribution in [0.25, 0.3) is 0 Å². The molecule has 0 aromatic rings. The van der Waals surface area contributed by atoms with Crippen molar-refractivity contribution in [2.75, 3.05) is 19.8 Å².